The molecule has 0 saturated carbocycles. The number of aliphatic hydroxyl groups excluding tert-OH is 1. The SMILES string of the molecule is CCOc1ccc(/C=N/CCOCCO)cc1OC. The van der Waals surface area contributed by atoms with Gasteiger partial charge in [-0.05, 0) is 30.7 Å². The van der Waals surface area contributed by atoms with E-state index >= 15 is 0 Å². The molecule has 0 saturated heterocycles. The fraction of sp³-hybridized carbons (Fsp3) is 0.500. The summed E-state index contributed by atoms with van der Waals surface area (Å²) in [5, 5.41) is 8.54. The van der Waals surface area contributed by atoms with E-state index in [1.54, 1.807) is 13.3 Å². The summed E-state index contributed by atoms with van der Waals surface area (Å²) in [6.07, 6.45) is 1.76. The normalized spacial score (nSPS) is 10.9. The van der Waals surface area contributed by atoms with Gasteiger partial charge < -0.3 is 19.3 Å². The van der Waals surface area contributed by atoms with Crippen LogP contribution < -0.4 is 9.47 Å². The predicted octanol–water partition coefficient (Wildman–Crippen LogP) is 1.52. The highest BCUT2D eigenvalue weighted by Crippen LogP contribution is 2.27. The highest BCUT2D eigenvalue weighted by atomic mass is 16.5. The van der Waals surface area contributed by atoms with Gasteiger partial charge >= 0.3 is 0 Å². The van der Waals surface area contributed by atoms with Crippen LogP contribution in [0.1, 0.15) is 12.5 Å². The number of nitrogens with zero attached hydrogens (tertiary/aromatic N) is 1. The molecular formula is C14H21NO4. The molecule has 19 heavy (non-hydrogen) atoms. The lowest BCUT2D eigenvalue weighted by molar-refractivity contribution is 0.0978. The second-order valence-electron chi connectivity index (χ2n) is 3.71. The zero-order valence-corrected chi connectivity index (χ0v) is 11.5. The van der Waals surface area contributed by atoms with Gasteiger partial charge in [0.25, 0.3) is 0 Å². The Bertz CT molecular complexity index is 393. The van der Waals surface area contributed by atoms with Crippen LogP contribution in [0, 0.1) is 0 Å². The molecular weight excluding hydrogens is 246 g/mol. The van der Waals surface area contributed by atoms with Crippen molar-refractivity contribution in [3.05, 3.63) is 23.8 Å². The van der Waals surface area contributed by atoms with Crippen LogP contribution in [0.25, 0.3) is 0 Å². The van der Waals surface area contributed by atoms with Gasteiger partial charge in [-0.2, -0.15) is 0 Å². The van der Waals surface area contributed by atoms with Crippen molar-refractivity contribution in [3.63, 3.8) is 0 Å². The van der Waals surface area contributed by atoms with E-state index in [4.69, 9.17) is 19.3 Å². The molecule has 0 atom stereocenters. The monoisotopic (exact) mass is 267 g/mol. The zero-order chi connectivity index (χ0) is 13.9. The number of hydrogen-bond acceptors (Lipinski definition) is 5. The Kier molecular flexibility index (Phi) is 7.62. The van der Waals surface area contributed by atoms with Crippen LogP contribution in [0.2, 0.25) is 0 Å². The van der Waals surface area contributed by atoms with Crippen molar-refractivity contribution in [2.75, 3.05) is 40.1 Å². The van der Waals surface area contributed by atoms with E-state index in [9.17, 15) is 0 Å². The Morgan fingerprint density at radius 2 is 2.11 bits per heavy atom. The van der Waals surface area contributed by atoms with Crippen molar-refractivity contribution in [3.8, 4) is 11.5 Å². The Hall–Kier alpha value is -1.59. The number of methoxy groups -OCH3 is 1. The molecule has 0 amide bonds. The number of hydrogen-bond donors (Lipinski definition) is 1. The van der Waals surface area contributed by atoms with Gasteiger partial charge in [-0.25, -0.2) is 0 Å². The highest BCUT2D eigenvalue weighted by molar-refractivity contribution is 5.80. The van der Waals surface area contributed by atoms with Crippen molar-refractivity contribution >= 4 is 6.21 Å². The van der Waals surface area contributed by atoms with E-state index in [1.807, 2.05) is 25.1 Å². The van der Waals surface area contributed by atoms with Crippen LogP contribution in [-0.4, -0.2) is 51.4 Å². The average Bonchev–Trinajstić information content (AvgIpc) is 2.44. The molecule has 0 radical (unpaired) electrons. The van der Waals surface area contributed by atoms with Crippen molar-refractivity contribution < 1.29 is 19.3 Å². The molecule has 0 heterocycles. The fourth-order valence-electron chi connectivity index (χ4n) is 1.49. The standard InChI is InChI=1S/C14H21NO4/c1-3-19-13-5-4-12(10-14(13)17-2)11-15-6-8-18-9-7-16/h4-5,10-11,16H,3,6-9H2,1-2H3/b15-11+. The van der Waals surface area contributed by atoms with Crippen LogP contribution in [0.4, 0.5) is 0 Å². The largest absolute Gasteiger partial charge is 0.493 e. The lowest BCUT2D eigenvalue weighted by atomic mass is 10.2. The molecule has 0 aliphatic rings. The lowest BCUT2D eigenvalue weighted by Crippen LogP contribution is -2.03. The topological polar surface area (TPSA) is 60.3 Å². The van der Waals surface area contributed by atoms with Gasteiger partial charge in [0, 0.05) is 6.21 Å². The quantitative estimate of drug-likeness (QED) is 0.544. The minimum absolute atomic E-state index is 0.0415. The third-order valence-corrected chi connectivity index (χ3v) is 2.33. The zero-order valence-electron chi connectivity index (χ0n) is 11.5. The molecule has 5 heteroatoms. The molecule has 5 nitrogen and oxygen atoms in total. The van der Waals surface area contributed by atoms with Gasteiger partial charge in [-0.1, -0.05) is 0 Å². The van der Waals surface area contributed by atoms with Gasteiger partial charge in [0.2, 0.25) is 0 Å². The van der Waals surface area contributed by atoms with Crippen LogP contribution in [-0.2, 0) is 4.74 Å². The Morgan fingerprint density at radius 3 is 2.79 bits per heavy atom. The Morgan fingerprint density at radius 1 is 1.26 bits per heavy atom. The maximum Gasteiger partial charge on any atom is 0.161 e. The molecule has 0 unspecified atom stereocenters. The first-order chi connectivity index (χ1) is 9.31. The summed E-state index contributed by atoms with van der Waals surface area (Å²) in [6, 6.07) is 5.67. The van der Waals surface area contributed by atoms with E-state index in [1.165, 1.54) is 0 Å². The Labute approximate surface area is 113 Å². The van der Waals surface area contributed by atoms with E-state index in [2.05, 4.69) is 4.99 Å². The molecule has 0 aliphatic heterocycles. The van der Waals surface area contributed by atoms with E-state index in [0.29, 0.717) is 32.1 Å². The first-order valence-electron chi connectivity index (χ1n) is 6.31. The van der Waals surface area contributed by atoms with E-state index in [-0.39, 0.29) is 6.61 Å². The lowest BCUT2D eigenvalue weighted by Gasteiger charge is -2.09. The van der Waals surface area contributed by atoms with Crippen molar-refractivity contribution in [1.29, 1.82) is 0 Å². The van der Waals surface area contributed by atoms with Gasteiger partial charge in [0.05, 0.1) is 40.1 Å². The Balaban J connectivity index is 2.51. The number of aliphatic imine (C=N–C) groups is 1. The van der Waals surface area contributed by atoms with E-state index in [0.717, 1.165) is 11.3 Å². The minimum Gasteiger partial charge on any atom is -0.493 e. The number of ether oxygens (including phenoxy) is 3. The van der Waals surface area contributed by atoms with Crippen molar-refractivity contribution in [2.45, 2.75) is 6.92 Å². The smallest absolute Gasteiger partial charge is 0.161 e. The molecule has 0 spiro atoms. The summed E-state index contributed by atoms with van der Waals surface area (Å²) in [4.78, 5) is 4.24. The molecule has 1 N–H and O–H groups in total. The van der Waals surface area contributed by atoms with E-state index < -0.39 is 0 Å². The van der Waals surface area contributed by atoms with Crippen LogP contribution >= 0.6 is 0 Å². The van der Waals surface area contributed by atoms with Crippen LogP contribution in [0.15, 0.2) is 23.2 Å². The van der Waals surface area contributed by atoms with Gasteiger partial charge in [0.15, 0.2) is 11.5 Å². The van der Waals surface area contributed by atoms with Gasteiger partial charge in [-0.3, -0.25) is 4.99 Å². The second-order valence-corrected chi connectivity index (χ2v) is 3.71. The second kappa shape index (κ2) is 9.35. The molecule has 1 aromatic rings. The molecule has 0 aromatic heterocycles. The van der Waals surface area contributed by atoms with Crippen molar-refractivity contribution in [1.82, 2.24) is 0 Å². The molecule has 0 aliphatic carbocycles. The highest BCUT2D eigenvalue weighted by Gasteiger charge is 2.03. The summed E-state index contributed by atoms with van der Waals surface area (Å²) in [6.45, 7) is 4.00. The summed E-state index contributed by atoms with van der Waals surface area (Å²) in [5.74, 6) is 1.43. The molecule has 1 rings (SSSR count). The molecule has 106 valence electrons. The molecule has 1 aromatic carbocycles. The third kappa shape index (κ3) is 5.72. The van der Waals surface area contributed by atoms with Crippen LogP contribution in [0.3, 0.4) is 0 Å². The first-order valence-corrected chi connectivity index (χ1v) is 6.31. The van der Waals surface area contributed by atoms with Gasteiger partial charge in [0.1, 0.15) is 0 Å². The minimum atomic E-state index is 0.0415. The summed E-state index contributed by atoms with van der Waals surface area (Å²) in [7, 11) is 1.61. The maximum atomic E-state index is 8.54. The maximum absolute atomic E-state index is 8.54. The number of aliphatic hydroxyl groups is 1. The first kappa shape index (κ1) is 15.5. The molecule has 0 fully saturated rings. The van der Waals surface area contributed by atoms with Gasteiger partial charge in [-0.15, -0.1) is 0 Å². The summed E-state index contributed by atoms with van der Waals surface area (Å²) < 4.78 is 15.8. The number of rotatable bonds is 9. The van der Waals surface area contributed by atoms with Crippen molar-refractivity contribution in [2.24, 2.45) is 4.99 Å². The van der Waals surface area contributed by atoms with Crippen LogP contribution in [0.5, 0.6) is 11.5 Å². The predicted molar refractivity (Wildman–Crippen MR) is 74.5 cm³/mol. The average molecular weight is 267 g/mol. The fourth-order valence-corrected chi connectivity index (χ4v) is 1.49. The number of benzene rings is 1. The summed E-state index contributed by atoms with van der Waals surface area (Å²) in [5.41, 5.74) is 0.947. The summed E-state index contributed by atoms with van der Waals surface area (Å²) >= 11 is 0. The third-order valence-electron chi connectivity index (χ3n) is 2.33. The molecule has 0 bridgehead atoms.